The molecule has 164 valence electrons. The molecule has 0 aliphatic carbocycles. The summed E-state index contributed by atoms with van der Waals surface area (Å²) in [6.45, 7) is 4.35. The molecular weight excluding hydrogens is 400 g/mol. The number of methoxy groups -OCH3 is 1. The van der Waals surface area contributed by atoms with Crippen molar-refractivity contribution in [1.82, 2.24) is 19.3 Å². The number of hydrogen-bond donors (Lipinski definition) is 0. The van der Waals surface area contributed by atoms with Crippen molar-refractivity contribution in [2.24, 2.45) is 5.92 Å². The van der Waals surface area contributed by atoms with Gasteiger partial charge in [0, 0.05) is 49.7 Å². The smallest absolute Gasteiger partial charge is 0.155 e. The molecule has 2 aromatic carbocycles. The number of hydrogen-bond acceptors (Lipinski definition) is 5. The molecule has 0 saturated carbocycles. The van der Waals surface area contributed by atoms with Gasteiger partial charge in [-0.1, -0.05) is 36.4 Å². The van der Waals surface area contributed by atoms with E-state index in [2.05, 4.69) is 57.5 Å². The molecule has 2 aromatic heterocycles. The van der Waals surface area contributed by atoms with E-state index < -0.39 is 0 Å². The number of imidazole rings is 1. The first kappa shape index (κ1) is 20.7. The molecule has 1 saturated heterocycles. The summed E-state index contributed by atoms with van der Waals surface area (Å²) in [6, 6.07) is 16.9. The summed E-state index contributed by atoms with van der Waals surface area (Å²) in [6.07, 6.45) is 8.58. The van der Waals surface area contributed by atoms with Crippen molar-refractivity contribution in [2.45, 2.75) is 13.0 Å². The lowest BCUT2D eigenvalue weighted by Gasteiger charge is -2.23. The van der Waals surface area contributed by atoms with Gasteiger partial charge in [-0.2, -0.15) is 0 Å². The van der Waals surface area contributed by atoms with E-state index in [4.69, 9.17) is 9.47 Å². The Labute approximate surface area is 188 Å². The quantitative estimate of drug-likeness (QED) is 0.463. The third-order valence-corrected chi connectivity index (χ3v) is 6.00. The average Bonchev–Trinajstić information content (AvgIpc) is 3.19. The number of ether oxygens (including phenoxy) is 2. The van der Waals surface area contributed by atoms with Crippen LogP contribution in [0.25, 0.3) is 16.8 Å². The molecule has 0 N–H and O–H groups in total. The minimum atomic E-state index is 0.406. The molecular formula is C26H28N4O2. The molecule has 1 aliphatic heterocycles. The summed E-state index contributed by atoms with van der Waals surface area (Å²) in [5.41, 5.74) is 5.55. The van der Waals surface area contributed by atoms with Crippen molar-refractivity contribution in [3.63, 3.8) is 0 Å². The van der Waals surface area contributed by atoms with E-state index in [0.29, 0.717) is 5.92 Å². The lowest BCUT2D eigenvalue weighted by Crippen LogP contribution is -2.30. The van der Waals surface area contributed by atoms with E-state index in [-0.39, 0.29) is 0 Å². The van der Waals surface area contributed by atoms with Crippen LogP contribution in [0.1, 0.15) is 11.3 Å². The summed E-state index contributed by atoms with van der Waals surface area (Å²) in [4.78, 5) is 11.4. The minimum Gasteiger partial charge on any atom is -0.496 e. The zero-order valence-corrected chi connectivity index (χ0v) is 18.4. The summed E-state index contributed by atoms with van der Waals surface area (Å²) in [5, 5.41) is 0. The number of aromatic nitrogens is 3. The molecule has 1 atom stereocenters. The highest BCUT2D eigenvalue weighted by molar-refractivity contribution is 5.70. The van der Waals surface area contributed by atoms with Gasteiger partial charge in [-0.3, -0.25) is 9.88 Å². The number of benzene rings is 2. The minimum absolute atomic E-state index is 0.406. The van der Waals surface area contributed by atoms with Gasteiger partial charge < -0.3 is 13.9 Å². The highest BCUT2D eigenvalue weighted by Gasteiger charge is 2.20. The fourth-order valence-corrected chi connectivity index (χ4v) is 4.47. The Kier molecular flexibility index (Phi) is 6.14. The standard InChI is InChI=1S/C26H28N4O2/c1-31-25-8-3-2-7-24(25)22-6-4-5-20(13-22)16-29-11-12-32-19-21(17-29)14-23-18-30-10-9-27-26(30)15-28-23/h2-10,13,15,18,21H,11-12,14,16-17,19H2,1H3. The molecule has 1 aliphatic rings. The molecule has 6 nitrogen and oxygen atoms in total. The van der Waals surface area contributed by atoms with E-state index in [9.17, 15) is 0 Å². The summed E-state index contributed by atoms with van der Waals surface area (Å²) < 4.78 is 13.5. The number of para-hydroxylation sites is 1. The Bertz CT molecular complexity index is 1190. The molecule has 4 aromatic rings. The van der Waals surface area contributed by atoms with E-state index >= 15 is 0 Å². The average molecular weight is 429 g/mol. The fraction of sp³-hybridized carbons (Fsp3) is 0.308. The molecule has 0 amide bonds. The molecule has 32 heavy (non-hydrogen) atoms. The largest absolute Gasteiger partial charge is 0.496 e. The van der Waals surface area contributed by atoms with Crippen LogP contribution in [0.15, 0.2) is 73.3 Å². The van der Waals surface area contributed by atoms with Crippen LogP contribution in [-0.2, 0) is 17.7 Å². The van der Waals surface area contributed by atoms with Gasteiger partial charge in [0.2, 0.25) is 0 Å². The van der Waals surface area contributed by atoms with Crippen LogP contribution >= 0.6 is 0 Å². The van der Waals surface area contributed by atoms with Crippen LogP contribution in [0.2, 0.25) is 0 Å². The van der Waals surface area contributed by atoms with Crippen LogP contribution in [0.4, 0.5) is 0 Å². The summed E-state index contributed by atoms with van der Waals surface area (Å²) in [7, 11) is 1.72. The molecule has 1 fully saturated rings. The Morgan fingerprint density at radius 1 is 1.12 bits per heavy atom. The predicted molar refractivity (Wildman–Crippen MR) is 125 cm³/mol. The topological polar surface area (TPSA) is 51.9 Å². The maximum atomic E-state index is 5.94. The molecule has 1 unspecified atom stereocenters. The van der Waals surface area contributed by atoms with Crippen LogP contribution in [0.3, 0.4) is 0 Å². The second-order valence-electron chi connectivity index (χ2n) is 8.35. The Morgan fingerprint density at radius 2 is 2.06 bits per heavy atom. The molecule has 5 rings (SSSR count). The van der Waals surface area contributed by atoms with Crippen LogP contribution in [0, 0.1) is 5.92 Å². The Morgan fingerprint density at radius 3 is 3.00 bits per heavy atom. The van der Waals surface area contributed by atoms with Crippen molar-refractivity contribution >= 4 is 5.65 Å². The van der Waals surface area contributed by atoms with Gasteiger partial charge in [0.15, 0.2) is 5.65 Å². The van der Waals surface area contributed by atoms with Gasteiger partial charge in [-0.25, -0.2) is 4.98 Å². The molecule has 3 heterocycles. The lowest BCUT2D eigenvalue weighted by atomic mass is 10.0. The Balaban J connectivity index is 1.29. The maximum absolute atomic E-state index is 5.94. The van der Waals surface area contributed by atoms with Gasteiger partial charge in [0.05, 0.1) is 32.2 Å². The molecule has 0 spiro atoms. The zero-order valence-electron chi connectivity index (χ0n) is 18.4. The monoisotopic (exact) mass is 428 g/mol. The Hall–Kier alpha value is -3.22. The van der Waals surface area contributed by atoms with Gasteiger partial charge in [0.25, 0.3) is 0 Å². The van der Waals surface area contributed by atoms with Crippen molar-refractivity contribution in [3.8, 4) is 16.9 Å². The highest BCUT2D eigenvalue weighted by atomic mass is 16.5. The van der Waals surface area contributed by atoms with E-state index in [1.165, 1.54) is 11.1 Å². The van der Waals surface area contributed by atoms with Gasteiger partial charge in [0.1, 0.15) is 5.75 Å². The maximum Gasteiger partial charge on any atom is 0.155 e. The molecule has 0 radical (unpaired) electrons. The van der Waals surface area contributed by atoms with Crippen molar-refractivity contribution in [2.75, 3.05) is 33.4 Å². The molecule has 0 bridgehead atoms. The number of rotatable bonds is 6. The van der Waals surface area contributed by atoms with E-state index in [0.717, 1.165) is 61.9 Å². The molecule has 6 heteroatoms. The van der Waals surface area contributed by atoms with E-state index in [1.807, 2.05) is 28.9 Å². The van der Waals surface area contributed by atoms with E-state index in [1.54, 1.807) is 13.3 Å². The van der Waals surface area contributed by atoms with Gasteiger partial charge in [-0.05, 0) is 29.7 Å². The van der Waals surface area contributed by atoms with Crippen molar-refractivity contribution in [1.29, 1.82) is 0 Å². The van der Waals surface area contributed by atoms with Crippen molar-refractivity contribution in [3.05, 3.63) is 84.6 Å². The van der Waals surface area contributed by atoms with Gasteiger partial charge >= 0.3 is 0 Å². The first-order valence-electron chi connectivity index (χ1n) is 11.1. The highest BCUT2D eigenvalue weighted by Crippen LogP contribution is 2.30. The second-order valence-corrected chi connectivity index (χ2v) is 8.35. The third-order valence-electron chi connectivity index (χ3n) is 6.00. The first-order chi connectivity index (χ1) is 15.8. The van der Waals surface area contributed by atoms with Crippen LogP contribution in [0.5, 0.6) is 5.75 Å². The predicted octanol–water partition coefficient (Wildman–Crippen LogP) is 4.10. The number of fused-ring (bicyclic) bond motifs is 1. The fourth-order valence-electron chi connectivity index (χ4n) is 4.47. The van der Waals surface area contributed by atoms with Crippen LogP contribution in [-0.4, -0.2) is 52.7 Å². The zero-order chi connectivity index (χ0) is 21.8. The lowest BCUT2D eigenvalue weighted by molar-refractivity contribution is 0.121. The summed E-state index contributed by atoms with van der Waals surface area (Å²) >= 11 is 0. The third kappa shape index (κ3) is 4.66. The number of nitrogens with zero attached hydrogens (tertiary/aromatic N) is 4. The summed E-state index contributed by atoms with van der Waals surface area (Å²) in [5.74, 6) is 1.30. The van der Waals surface area contributed by atoms with Crippen molar-refractivity contribution < 1.29 is 9.47 Å². The van der Waals surface area contributed by atoms with Gasteiger partial charge in [-0.15, -0.1) is 0 Å². The SMILES string of the molecule is COc1ccccc1-c1cccc(CN2CCOCC(Cc3cn4ccnc4cn3)C2)c1. The normalized spacial score (nSPS) is 17.3. The van der Waals surface area contributed by atoms with Crippen LogP contribution < -0.4 is 4.74 Å². The second kappa shape index (κ2) is 9.51. The first-order valence-corrected chi connectivity index (χ1v) is 11.1.